The number of aryl methyl sites for hydroxylation is 2. The number of likely N-dealkylation sites (N-methyl/N-ethyl adjacent to an activating group) is 1. The number of carbonyl (C=O) groups is 1. The summed E-state index contributed by atoms with van der Waals surface area (Å²) >= 11 is 1.58. The fraction of sp³-hybridized carbons (Fsp3) is 0.440. The minimum Gasteiger partial charge on any atom is -0.494 e. The number of aromatic nitrogens is 1. The second-order valence-electron chi connectivity index (χ2n) is 8.27. The molecule has 0 fully saturated rings. The van der Waals surface area contributed by atoms with Crippen molar-refractivity contribution in [1.29, 1.82) is 0 Å². The van der Waals surface area contributed by atoms with Gasteiger partial charge in [0.25, 0.3) is 5.91 Å². The minimum atomic E-state index is -0.0344. The minimum absolute atomic E-state index is 0.0344. The Hall–Kier alpha value is -2.44. The zero-order chi connectivity index (χ0) is 22.4. The predicted molar refractivity (Wildman–Crippen MR) is 131 cm³/mol. The molecule has 0 radical (unpaired) electrons. The first kappa shape index (κ1) is 23.2. The van der Waals surface area contributed by atoms with Gasteiger partial charge in [-0.3, -0.25) is 9.69 Å². The van der Waals surface area contributed by atoms with Crippen LogP contribution >= 0.6 is 11.3 Å². The molecule has 0 bridgehead atoms. The molecule has 0 unspecified atom stereocenters. The van der Waals surface area contributed by atoms with Crippen molar-refractivity contribution in [2.45, 2.75) is 40.0 Å². The summed E-state index contributed by atoms with van der Waals surface area (Å²) in [5.74, 6) is 0.770. The molecule has 1 aromatic heterocycles. The van der Waals surface area contributed by atoms with Gasteiger partial charge in [0.2, 0.25) is 0 Å². The lowest BCUT2D eigenvalue weighted by atomic mass is 10.1. The molecule has 1 amide bonds. The molecule has 0 atom stereocenters. The number of benzene rings is 2. The molecule has 6 heteroatoms. The van der Waals surface area contributed by atoms with Gasteiger partial charge in [0.05, 0.1) is 16.8 Å². The van der Waals surface area contributed by atoms with Crippen LogP contribution in [-0.2, 0) is 0 Å². The van der Waals surface area contributed by atoms with Crippen molar-refractivity contribution in [2.24, 2.45) is 0 Å². The van der Waals surface area contributed by atoms with E-state index in [1.54, 1.807) is 16.2 Å². The largest absolute Gasteiger partial charge is 0.494 e. The molecule has 3 aromatic rings. The third-order valence-electron chi connectivity index (χ3n) is 5.17. The van der Waals surface area contributed by atoms with Crippen molar-refractivity contribution in [3.63, 3.8) is 0 Å². The number of ether oxygens (including phenoxy) is 1. The Labute approximate surface area is 189 Å². The summed E-state index contributed by atoms with van der Waals surface area (Å²) in [4.78, 5) is 22.1. The summed E-state index contributed by atoms with van der Waals surface area (Å²) in [6.07, 6.45) is 3.38. The second kappa shape index (κ2) is 10.7. The van der Waals surface area contributed by atoms with Crippen LogP contribution < -0.4 is 9.64 Å². The van der Waals surface area contributed by atoms with Crippen LogP contribution in [-0.4, -0.2) is 49.6 Å². The Morgan fingerprint density at radius 2 is 1.81 bits per heavy atom. The molecule has 5 nitrogen and oxygen atoms in total. The standard InChI is InChI=1S/C25H33N3O2S/c1-6-7-8-15-30-21-11-9-20(10-12-21)24(29)28(14-13-27(4)5)25-26-22-17-18(2)16-19(3)23(22)31-25/h9-12,16-17H,6-8,13-15H2,1-5H3. The van der Waals surface area contributed by atoms with E-state index in [1.807, 2.05) is 38.4 Å². The molecule has 1 heterocycles. The Morgan fingerprint density at radius 3 is 2.48 bits per heavy atom. The third kappa shape index (κ3) is 6.05. The van der Waals surface area contributed by atoms with E-state index in [1.165, 1.54) is 24.0 Å². The number of rotatable bonds is 10. The lowest BCUT2D eigenvalue weighted by molar-refractivity contribution is 0.0985. The van der Waals surface area contributed by atoms with Crippen molar-refractivity contribution in [3.8, 4) is 5.75 Å². The highest BCUT2D eigenvalue weighted by Gasteiger charge is 2.22. The maximum absolute atomic E-state index is 13.4. The molecule has 0 saturated heterocycles. The normalized spacial score (nSPS) is 11.3. The average molecular weight is 440 g/mol. The van der Waals surface area contributed by atoms with E-state index < -0.39 is 0 Å². The quantitative estimate of drug-likeness (QED) is 0.381. The molecule has 0 saturated carbocycles. The Kier molecular flexibility index (Phi) is 8.04. The van der Waals surface area contributed by atoms with Crippen LogP contribution in [0.25, 0.3) is 10.2 Å². The molecule has 0 aliphatic rings. The van der Waals surface area contributed by atoms with Gasteiger partial charge in [-0.05, 0) is 75.8 Å². The summed E-state index contributed by atoms with van der Waals surface area (Å²) in [5, 5.41) is 0.746. The molecule has 31 heavy (non-hydrogen) atoms. The van der Waals surface area contributed by atoms with Crippen molar-refractivity contribution >= 4 is 32.6 Å². The van der Waals surface area contributed by atoms with Gasteiger partial charge in [-0.2, -0.15) is 0 Å². The van der Waals surface area contributed by atoms with E-state index in [4.69, 9.17) is 9.72 Å². The highest BCUT2D eigenvalue weighted by molar-refractivity contribution is 7.22. The zero-order valence-corrected chi connectivity index (χ0v) is 20.1. The van der Waals surface area contributed by atoms with E-state index in [0.717, 1.165) is 34.1 Å². The first-order valence-corrected chi connectivity index (χ1v) is 11.8. The topological polar surface area (TPSA) is 45.7 Å². The van der Waals surface area contributed by atoms with Crippen molar-refractivity contribution in [1.82, 2.24) is 9.88 Å². The number of fused-ring (bicyclic) bond motifs is 1. The van der Waals surface area contributed by atoms with Gasteiger partial charge < -0.3 is 9.64 Å². The molecular formula is C25H33N3O2S. The molecule has 166 valence electrons. The number of amides is 1. The first-order chi connectivity index (χ1) is 14.9. The molecule has 0 aliphatic heterocycles. The van der Waals surface area contributed by atoms with E-state index >= 15 is 0 Å². The van der Waals surface area contributed by atoms with Crippen molar-refractivity contribution < 1.29 is 9.53 Å². The summed E-state index contributed by atoms with van der Waals surface area (Å²) in [6, 6.07) is 11.7. The van der Waals surface area contributed by atoms with Crippen molar-refractivity contribution in [2.75, 3.05) is 38.7 Å². The highest BCUT2D eigenvalue weighted by Crippen LogP contribution is 2.33. The van der Waals surface area contributed by atoms with Gasteiger partial charge in [0, 0.05) is 18.7 Å². The molecular weight excluding hydrogens is 406 g/mol. The van der Waals surface area contributed by atoms with Crippen LogP contribution in [0.4, 0.5) is 5.13 Å². The molecule has 3 rings (SSSR count). The number of anilines is 1. The molecule has 2 aromatic carbocycles. The average Bonchev–Trinajstić information content (AvgIpc) is 3.15. The molecule has 0 spiro atoms. The number of carbonyl (C=O) groups excluding carboxylic acids is 1. The predicted octanol–water partition coefficient (Wildman–Crippen LogP) is 5.69. The molecule has 0 aliphatic carbocycles. The van der Waals surface area contributed by atoms with Crippen molar-refractivity contribution in [3.05, 3.63) is 53.1 Å². The van der Waals surface area contributed by atoms with Gasteiger partial charge in [0.15, 0.2) is 5.13 Å². The maximum Gasteiger partial charge on any atom is 0.260 e. The monoisotopic (exact) mass is 439 g/mol. The third-order valence-corrected chi connectivity index (χ3v) is 6.40. The summed E-state index contributed by atoms with van der Waals surface area (Å²) in [5.41, 5.74) is 3.98. The van der Waals surface area contributed by atoms with Crippen LogP contribution in [0.5, 0.6) is 5.75 Å². The van der Waals surface area contributed by atoms with Gasteiger partial charge in [-0.1, -0.05) is 37.2 Å². The maximum atomic E-state index is 13.4. The number of nitrogens with zero attached hydrogens (tertiary/aromatic N) is 3. The zero-order valence-electron chi connectivity index (χ0n) is 19.3. The van der Waals surface area contributed by atoms with E-state index in [0.29, 0.717) is 18.7 Å². The number of hydrogen-bond acceptors (Lipinski definition) is 5. The Bertz CT molecular complexity index is 1010. The molecule has 0 N–H and O–H groups in total. The number of thiazole rings is 1. The van der Waals surface area contributed by atoms with E-state index in [9.17, 15) is 4.79 Å². The Balaban J connectivity index is 1.83. The van der Waals surface area contributed by atoms with Gasteiger partial charge >= 0.3 is 0 Å². The lowest BCUT2D eigenvalue weighted by Gasteiger charge is -2.22. The van der Waals surface area contributed by atoms with Crippen LogP contribution in [0, 0.1) is 13.8 Å². The lowest BCUT2D eigenvalue weighted by Crippen LogP contribution is -2.36. The van der Waals surface area contributed by atoms with Crippen LogP contribution in [0.1, 0.15) is 47.7 Å². The number of hydrogen-bond donors (Lipinski definition) is 0. The van der Waals surface area contributed by atoms with Crippen LogP contribution in [0.15, 0.2) is 36.4 Å². The fourth-order valence-electron chi connectivity index (χ4n) is 3.46. The van der Waals surface area contributed by atoms with Gasteiger partial charge in [-0.15, -0.1) is 0 Å². The first-order valence-electron chi connectivity index (χ1n) is 11.0. The van der Waals surface area contributed by atoms with Gasteiger partial charge in [0.1, 0.15) is 5.75 Å². The SMILES string of the molecule is CCCCCOc1ccc(C(=O)N(CCN(C)C)c2nc3cc(C)cc(C)c3s2)cc1. The smallest absolute Gasteiger partial charge is 0.260 e. The van der Waals surface area contributed by atoms with E-state index in [-0.39, 0.29) is 5.91 Å². The van der Waals surface area contributed by atoms with Gasteiger partial charge in [-0.25, -0.2) is 4.98 Å². The summed E-state index contributed by atoms with van der Waals surface area (Å²) in [6.45, 7) is 8.41. The fourth-order valence-corrected chi connectivity index (χ4v) is 4.50. The summed E-state index contributed by atoms with van der Waals surface area (Å²) < 4.78 is 6.93. The Morgan fingerprint density at radius 1 is 1.06 bits per heavy atom. The second-order valence-corrected chi connectivity index (χ2v) is 9.24. The van der Waals surface area contributed by atoms with Crippen LogP contribution in [0.2, 0.25) is 0 Å². The van der Waals surface area contributed by atoms with E-state index in [2.05, 4.69) is 37.8 Å². The highest BCUT2D eigenvalue weighted by atomic mass is 32.1. The van der Waals surface area contributed by atoms with Crippen LogP contribution in [0.3, 0.4) is 0 Å². The number of unbranched alkanes of at least 4 members (excludes halogenated alkanes) is 2. The summed E-state index contributed by atoms with van der Waals surface area (Å²) in [7, 11) is 4.03.